The molecule has 3 nitrogen and oxygen atoms in total. The molecule has 0 aromatic heterocycles. The molecule has 0 aliphatic rings. The Morgan fingerprint density at radius 1 is 1.40 bits per heavy atom. The molecule has 0 aliphatic heterocycles. The predicted molar refractivity (Wildman–Crippen MR) is 68.0 cm³/mol. The Labute approximate surface area is 97.8 Å². The third-order valence-electron chi connectivity index (χ3n) is 2.75. The molecule has 0 fully saturated rings. The number of carbonyl (C=O) groups is 1. The van der Waals surface area contributed by atoms with Crippen molar-refractivity contribution in [2.75, 3.05) is 19.1 Å². The molecule has 0 saturated carbocycles. The van der Waals surface area contributed by atoms with Crippen LogP contribution >= 0.6 is 11.8 Å². The Morgan fingerprint density at radius 2 is 1.93 bits per heavy atom. The van der Waals surface area contributed by atoms with Gasteiger partial charge in [-0.15, -0.1) is 0 Å². The quantitative estimate of drug-likeness (QED) is 0.756. The number of amides is 1. The summed E-state index contributed by atoms with van der Waals surface area (Å²) in [5.41, 5.74) is 5.83. The van der Waals surface area contributed by atoms with E-state index in [1.807, 2.05) is 20.9 Å². The molecule has 0 bridgehead atoms. The highest BCUT2D eigenvalue weighted by molar-refractivity contribution is 7.98. The third-order valence-corrected chi connectivity index (χ3v) is 3.40. The average Bonchev–Trinajstić information content (AvgIpc) is 2.22. The normalized spacial score (nSPS) is 15.1. The smallest absolute Gasteiger partial charge is 0.239 e. The van der Waals surface area contributed by atoms with Gasteiger partial charge in [0.15, 0.2) is 0 Å². The van der Waals surface area contributed by atoms with Crippen LogP contribution in [0.4, 0.5) is 0 Å². The summed E-state index contributed by atoms with van der Waals surface area (Å²) >= 11 is 1.80. The van der Waals surface area contributed by atoms with E-state index in [1.54, 1.807) is 16.7 Å². The van der Waals surface area contributed by atoms with E-state index in [2.05, 4.69) is 13.2 Å². The van der Waals surface area contributed by atoms with Crippen molar-refractivity contribution in [3.63, 3.8) is 0 Å². The van der Waals surface area contributed by atoms with Crippen LogP contribution < -0.4 is 5.73 Å². The van der Waals surface area contributed by atoms with Gasteiger partial charge in [-0.3, -0.25) is 4.79 Å². The Hall–Kier alpha value is -0.220. The van der Waals surface area contributed by atoms with E-state index in [9.17, 15) is 4.79 Å². The van der Waals surface area contributed by atoms with Gasteiger partial charge in [-0.1, -0.05) is 13.8 Å². The van der Waals surface area contributed by atoms with E-state index in [1.165, 1.54) is 0 Å². The minimum atomic E-state index is -0.369. The number of carbonyl (C=O) groups excluding carboxylic acids is 1. The standard InChI is InChI=1S/C11H24N2OS/c1-8(2)10(12)11(14)13(4)9(3)6-7-15-5/h8-10H,6-7,12H2,1-5H3/t9?,10-/m0/s1. The van der Waals surface area contributed by atoms with Gasteiger partial charge in [-0.2, -0.15) is 11.8 Å². The summed E-state index contributed by atoms with van der Waals surface area (Å²) in [4.78, 5) is 13.7. The summed E-state index contributed by atoms with van der Waals surface area (Å²) in [6.45, 7) is 6.02. The second-order valence-corrected chi connectivity index (χ2v) is 5.34. The molecule has 4 heteroatoms. The summed E-state index contributed by atoms with van der Waals surface area (Å²) in [6.07, 6.45) is 3.10. The number of rotatable bonds is 6. The molecule has 1 unspecified atom stereocenters. The molecular weight excluding hydrogens is 208 g/mol. The van der Waals surface area contributed by atoms with Crippen LogP contribution in [0.5, 0.6) is 0 Å². The monoisotopic (exact) mass is 232 g/mol. The van der Waals surface area contributed by atoms with E-state index in [-0.39, 0.29) is 23.9 Å². The van der Waals surface area contributed by atoms with Gasteiger partial charge in [0.1, 0.15) is 0 Å². The lowest BCUT2D eigenvalue weighted by Crippen LogP contribution is -2.48. The average molecular weight is 232 g/mol. The molecule has 0 aliphatic carbocycles. The Morgan fingerprint density at radius 3 is 2.33 bits per heavy atom. The molecule has 0 aromatic rings. The lowest BCUT2D eigenvalue weighted by molar-refractivity contribution is -0.134. The van der Waals surface area contributed by atoms with Gasteiger partial charge in [0.25, 0.3) is 0 Å². The fourth-order valence-corrected chi connectivity index (χ4v) is 1.80. The van der Waals surface area contributed by atoms with Crippen molar-refractivity contribution in [3.8, 4) is 0 Å². The van der Waals surface area contributed by atoms with Crippen LogP contribution in [0.2, 0.25) is 0 Å². The van der Waals surface area contributed by atoms with Crippen LogP contribution in [0.1, 0.15) is 27.2 Å². The molecular formula is C11H24N2OS. The fraction of sp³-hybridized carbons (Fsp3) is 0.909. The number of thioether (sulfide) groups is 1. The molecule has 0 heterocycles. The van der Waals surface area contributed by atoms with E-state index in [4.69, 9.17) is 5.73 Å². The number of nitrogens with zero attached hydrogens (tertiary/aromatic N) is 1. The zero-order chi connectivity index (χ0) is 12.0. The van der Waals surface area contributed by atoms with Crippen molar-refractivity contribution in [3.05, 3.63) is 0 Å². The summed E-state index contributed by atoms with van der Waals surface area (Å²) < 4.78 is 0. The van der Waals surface area contributed by atoms with Crippen LogP contribution in [-0.2, 0) is 4.79 Å². The largest absolute Gasteiger partial charge is 0.342 e. The highest BCUT2D eigenvalue weighted by Crippen LogP contribution is 2.09. The molecule has 0 rings (SSSR count). The molecule has 0 spiro atoms. The number of nitrogens with two attached hydrogens (primary N) is 1. The Bertz CT molecular complexity index is 197. The van der Waals surface area contributed by atoms with Crippen molar-refractivity contribution in [2.24, 2.45) is 11.7 Å². The van der Waals surface area contributed by atoms with Crippen molar-refractivity contribution < 1.29 is 4.79 Å². The molecule has 1 amide bonds. The number of likely N-dealkylation sites (N-methyl/N-ethyl adjacent to an activating group) is 1. The van der Waals surface area contributed by atoms with Crippen molar-refractivity contribution in [2.45, 2.75) is 39.3 Å². The molecule has 2 N–H and O–H groups in total. The number of hydrogen-bond acceptors (Lipinski definition) is 3. The maximum absolute atomic E-state index is 11.9. The van der Waals surface area contributed by atoms with Crippen molar-refractivity contribution in [1.29, 1.82) is 0 Å². The second kappa shape index (κ2) is 7.12. The van der Waals surface area contributed by atoms with Gasteiger partial charge in [0, 0.05) is 13.1 Å². The van der Waals surface area contributed by atoms with Crippen LogP contribution in [0.15, 0.2) is 0 Å². The molecule has 0 aromatic carbocycles. The first kappa shape index (κ1) is 14.8. The van der Waals surface area contributed by atoms with E-state index < -0.39 is 0 Å². The maximum Gasteiger partial charge on any atom is 0.239 e. The SMILES string of the molecule is CSCCC(C)N(C)C(=O)[C@@H](N)C(C)C. The predicted octanol–water partition coefficient (Wildman–Crippen LogP) is 1.57. The van der Waals surface area contributed by atoms with E-state index >= 15 is 0 Å². The van der Waals surface area contributed by atoms with Crippen LogP contribution in [0.3, 0.4) is 0 Å². The maximum atomic E-state index is 11.9. The first-order valence-corrected chi connectivity index (χ1v) is 6.82. The second-order valence-electron chi connectivity index (χ2n) is 4.35. The van der Waals surface area contributed by atoms with Crippen molar-refractivity contribution in [1.82, 2.24) is 4.90 Å². The molecule has 0 radical (unpaired) electrons. The highest BCUT2D eigenvalue weighted by Gasteiger charge is 2.23. The molecule has 2 atom stereocenters. The number of hydrogen-bond donors (Lipinski definition) is 1. The van der Waals surface area contributed by atoms with Crippen LogP contribution in [0.25, 0.3) is 0 Å². The Balaban J connectivity index is 4.18. The Kier molecular flexibility index (Phi) is 7.02. The van der Waals surface area contributed by atoms with Gasteiger partial charge >= 0.3 is 0 Å². The first-order valence-electron chi connectivity index (χ1n) is 5.43. The zero-order valence-electron chi connectivity index (χ0n) is 10.5. The lowest BCUT2D eigenvalue weighted by Gasteiger charge is -2.28. The first-order chi connectivity index (χ1) is 6.91. The van der Waals surface area contributed by atoms with E-state index in [0.717, 1.165) is 12.2 Å². The zero-order valence-corrected chi connectivity index (χ0v) is 11.3. The van der Waals surface area contributed by atoms with Gasteiger partial charge in [0.2, 0.25) is 5.91 Å². The topological polar surface area (TPSA) is 46.3 Å². The highest BCUT2D eigenvalue weighted by atomic mass is 32.2. The summed E-state index contributed by atoms with van der Waals surface area (Å²) in [6, 6.07) is -0.0959. The van der Waals surface area contributed by atoms with Crippen LogP contribution in [-0.4, -0.2) is 41.9 Å². The van der Waals surface area contributed by atoms with E-state index in [0.29, 0.717) is 0 Å². The molecule has 90 valence electrons. The van der Waals surface area contributed by atoms with Crippen LogP contribution in [0, 0.1) is 5.92 Å². The minimum Gasteiger partial charge on any atom is -0.342 e. The lowest BCUT2D eigenvalue weighted by atomic mass is 10.0. The summed E-state index contributed by atoms with van der Waals surface area (Å²) in [5, 5.41) is 0. The van der Waals surface area contributed by atoms with Gasteiger partial charge in [-0.05, 0) is 31.3 Å². The van der Waals surface area contributed by atoms with Gasteiger partial charge < -0.3 is 10.6 Å². The van der Waals surface area contributed by atoms with Gasteiger partial charge in [0.05, 0.1) is 6.04 Å². The van der Waals surface area contributed by atoms with Gasteiger partial charge in [-0.25, -0.2) is 0 Å². The molecule has 15 heavy (non-hydrogen) atoms. The summed E-state index contributed by atoms with van der Waals surface area (Å²) in [7, 11) is 1.84. The third kappa shape index (κ3) is 4.89. The summed E-state index contributed by atoms with van der Waals surface area (Å²) in [5.74, 6) is 1.33. The van der Waals surface area contributed by atoms with Crippen molar-refractivity contribution >= 4 is 17.7 Å². The minimum absolute atomic E-state index is 0.0543. The fourth-order valence-electron chi connectivity index (χ4n) is 1.22. The molecule has 0 saturated heterocycles.